The van der Waals surface area contributed by atoms with E-state index in [1.807, 2.05) is 30.3 Å². The Labute approximate surface area is 156 Å². The van der Waals surface area contributed by atoms with Crippen LogP contribution in [0.5, 0.6) is 5.75 Å². The SMILES string of the molecule is O=C(Nc1ccccc1Cl)c1cccc(OCc2ccccc2Cl)c1. The molecule has 0 atom stereocenters. The molecule has 0 heterocycles. The van der Waals surface area contributed by atoms with Crippen LogP contribution < -0.4 is 10.1 Å². The van der Waals surface area contributed by atoms with Crippen molar-refractivity contribution in [3.8, 4) is 5.75 Å². The minimum atomic E-state index is -0.253. The molecule has 0 aromatic heterocycles. The van der Waals surface area contributed by atoms with Crippen LogP contribution in [0.1, 0.15) is 15.9 Å². The van der Waals surface area contributed by atoms with Crippen molar-refractivity contribution in [2.75, 3.05) is 5.32 Å². The van der Waals surface area contributed by atoms with E-state index in [4.69, 9.17) is 27.9 Å². The molecule has 0 aliphatic rings. The Morgan fingerprint density at radius 2 is 1.60 bits per heavy atom. The molecule has 1 amide bonds. The molecule has 0 unspecified atom stereocenters. The molecular weight excluding hydrogens is 357 g/mol. The first-order chi connectivity index (χ1) is 12.1. The van der Waals surface area contributed by atoms with E-state index in [-0.39, 0.29) is 5.91 Å². The monoisotopic (exact) mass is 371 g/mol. The van der Waals surface area contributed by atoms with Crippen molar-refractivity contribution in [1.29, 1.82) is 0 Å². The van der Waals surface area contributed by atoms with Gasteiger partial charge in [-0.25, -0.2) is 0 Å². The number of nitrogens with one attached hydrogen (secondary N) is 1. The summed E-state index contributed by atoms with van der Waals surface area (Å²) in [6, 6.07) is 21.5. The van der Waals surface area contributed by atoms with Gasteiger partial charge in [-0.05, 0) is 36.4 Å². The Balaban J connectivity index is 1.70. The van der Waals surface area contributed by atoms with Crippen LogP contribution in [0.15, 0.2) is 72.8 Å². The average Bonchev–Trinajstić information content (AvgIpc) is 2.63. The number of hydrogen-bond donors (Lipinski definition) is 1. The van der Waals surface area contributed by atoms with Gasteiger partial charge in [0.15, 0.2) is 0 Å². The van der Waals surface area contributed by atoms with Gasteiger partial charge in [0.25, 0.3) is 5.91 Å². The van der Waals surface area contributed by atoms with Gasteiger partial charge in [-0.2, -0.15) is 0 Å². The number of ether oxygens (including phenoxy) is 1. The van der Waals surface area contributed by atoms with Crippen molar-refractivity contribution >= 4 is 34.8 Å². The number of para-hydroxylation sites is 1. The molecule has 0 spiro atoms. The second-order valence-corrected chi connectivity index (χ2v) is 6.16. The Morgan fingerprint density at radius 1 is 0.880 bits per heavy atom. The fourth-order valence-corrected chi connectivity index (χ4v) is 2.63. The fraction of sp³-hybridized carbons (Fsp3) is 0.0500. The molecule has 0 saturated carbocycles. The van der Waals surface area contributed by atoms with Gasteiger partial charge in [0.2, 0.25) is 0 Å². The van der Waals surface area contributed by atoms with Crippen LogP contribution in [0.25, 0.3) is 0 Å². The summed E-state index contributed by atoms with van der Waals surface area (Å²) in [5.74, 6) is 0.336. The van der Waals surface area contributed by atoms with Crippen molar-refractivity contribution in [3.05, 3.63) is 94.0 Å². The number of benzene rings is 3. The maximum absolute atomic E-state index is 12.4. The van der Waals surface area contributed by atoms with Crippen LogP contribution in [0.4, 0.5) is 5.69 Å². The third-order valence-electron chi connectivity index (χ3n) is 3.57. The highest BCUT2D eigenvalue weighted by Gasteiger charge is 2.09. The molecule has 3 aromatic rings. The van der Waals surface area contributed by atoms with E-state index in [0.29, 0.717) is 33.7 Å². The first kappa shape index (κ1) is 17.3. The summed E-state index contributed by atoms with van der Waals surface area (Å²) >= 11 is 12.2. The largest absolute Gasteiger partial charge is 0.489 e. The van der Waals surface area contributed by atoms with Crippen LogP contribution in [0.2, 0.25) is 10.0 Å². The van der Waals surface area contributed by atoms with E-state index in [9.17, 15) is 4.79 Å². The van der Waals surface area contributed by atoms with Crippen LogP contribution in [0.3, 0.4) is 0 Å². The molecule has 3 aromatic carbocycles. The Morgan fingerprint density at radius 3 is 2.36 bits per heavy atom. The lowest BCUT2D eigenvalue weighted by Crippen LogP contribution is -2.12. The van der Waals surface area contributed by atoms with Gasteiger partial charge in [0, 0.05) is 16.1 Å². The summed E-state index contributed by atoms with van der Waals surface area (Å²) in [6.45, 7) is 0.329. The van der Waals surface area contributed by atoms with Crippen molar-refractivity contribution < 1.29 is 9.53 Å². The summed E-state index contributed by atoms with van der Waals surface area (Å²) in [5, 5.41) is 3.93. The molecular formula is C20H15Cl2NO2. The lowest BCUT2D eigenvalue weighted by Gasteiger charge is -2.10. The Hall–Kier alpha value is -2.49. The van der Waals surface area contributed by atoms with Gasteiger partial charge in [-0.15, -0.1) is 0 Å². The average molecular weight is 372 g/mol. The Kier molecular flexibility index (Phi) is 5.59. The van der Waals surface area contributed by atoms with Gasteiger partial charge in [-0.3, -0.25) is 4.79 Å². The number of amides is 1. The molecule has 25 heavy (non-hydrogen) atoms. The van der Waals surface area contributed by atoms with Crippen LogP contribution in [-0.4, -0.2) is 5.91 Å². The summed E-state index contributed by atoms with van der Waals surface area (Å²) in [6.07, 6.45) is 0. The highest BCUT2D eigenvalue weighted by atomic mass is 35.5. The number of rotatable bonds is 5. The fourth-order valence-electron chi connectivity index (χ4n) is 2.26. The second-order valence-electron chi connectivity index (χ2n) is 5.34. The van der Waals surface area contributed by atoms with Gasteiger partial charge in [0.1, 0.15) is 12.4 Å². The van der Waals surface area contributed by atoms with Crippen molar-refractivity contribution in [1.82, 2.24) is 0 Å². The molecule has 3 nitrogen and oxygen atoms in total. The third kappa shape index (κ3) is 4.53. The van der Waals surface area contributed by atoms with Crippen LogP contribution >= 0.6 is 23.2 Å². The standard InChI is InChI=1S/C20H15Cl2NO2/c21-17-9-2-1-6-15(17)13-25-16-8-5-7-14(12-16)20(24)23-19-11-4-3-10-18(19)22/h1-12H,13H2,(H,23,24). The number of carbonyl (C=O) groups excluding carboxylic acids is 1. The van der Waals surface area contributed by atoms with E-state index < -0.39 is 0 Å². The number of hydrogen-bond acceptors (Lipinski definition) is 2. The molecule has 0 aliphatic heterocycles. The van der Waals surface area contributed by atoms with E-state index >= 15 is 0 Å². The smallest absolute Gasteiger partial charge is 0.255 e. The van der Waals surface area contributed by atoms with E-state index in [0.717, 1.165) is 5.56 Å². The van der Waals surface area contributed by atoms with Crippen molar-refractivity contribution in [2.45, 2.75) is 6.61 Å². The molecule has 3 rings (SSSR count). The molecule has 0 radical (unpaired) electrons. The maximum atomic E-state index is 12.4. The molecule has 5 heteroatoms. The van der Waals surface area contributed by atoms with E-state index in [1.54, 1.807) is 42.5 Å². The predicted octanol–water partition coefficient (Wildman–Crippen LogP) is 5.82. The number of anilines is 1. The number of carbonyl (C=O) groups is 1. The predicted molar refractivity (Wildman–Crippen MR) is 102 cm³/mol. The third-order valence-corrected chi connectivity index (χ3v) is 4.27. The highest BCUT2D eigenvalue weighted by molar-refractivity contribution is 6.34. The van der Waals surface area contributed by atoms with Crippen LogP contribution in [0, 0.1) is 0 Å². The quantitative estimate of drug-likeness (QED) is 0.612. The minimum Gasteiger partial charge on any atom is -0.489 e. The first-order valence-electron chi connectivity index (χ1n) is 7.65. The van der Waals surface area contributed by atoms with Crippen molar-refractivity contribution in [2.24, 2.45) is 0 Å². The van der Waals surface area contributed by atoms with E-state index in [2.05, 4.69) is 5.32 Å². The maximum Gasteiger partial charge on any atom is 0.255 e. The molecule has 126 valence electrons. The minimum absolute atomic E-state index is 0.253. The molecule has 0 aliphatic carbocycles. The Bertz CT molecular complexity index is 896. The van der Waals surface area contributed by atoms with Gasteiger partial charge >= 0.3 is 0 Å². The summed E-state index contributed by atoms with van der Waals surface area (Å²) in [4.78, 5) is 12.4. The van der Waals surface area contributed by atoms with Crippen molar-refractivity contribution in [3.63, 3.8) is 0 Å². The molecule has 1 N–H and O–H groups in total. The van der Waals surface area contributed by atoms with Gasteiger partial charge in [-0.1, -0.05) is 59.6 Å². The first-order valence-corrected chi connectivity index (χ1v) is 8.41. The zero-order chi connectivity index (χ0) is 17.6. The molecule has 0 bridgehead atoms. The summed E-state index contributed by atoms with van der Waals surface area (Å²) in [5.41, 5.74) is 1.93. The van der Waals surface area contributed by atoms with Gasteiger partial charge in [0.05, 0.1) is 10.7 Å². The normalized spacial score (nSPS) is 10.3. The lowest BCUT2D eigenvalue weighted by molar-refractivity contribution is 0.102. The summed E-state index contributed by atoms with van der Waals surface area (Å²) in [7, 11) is 0. The zero-order valence-electron chi connectivity index (χ0n) is 13.2. The zero-order valence-corrected chi connectivity index (χ0v) is 14.7. The molecule has 0 saturated heterocycles. The summed E-state index contributed by atoms with van der Waals surface area (Å²) < 4.78 is 5.75. The second kappa shape index (κ2) is 8.06. The van der Waals surface area contributed by atoms with Crippen LogP contribution in [-0.2, 0) is 6.61 Å². The van der Waals surface area contributed by atoms with Gasteiger partial charge < -0.3 is 10.1 Å². The lowest BCUT2D eigenvalue weighted by atomic mass is 10.2. The molecule has 0 fully saturated rings. The number of halogens is 2. The topological polar surface area (TPSA) is 38.3 Å². The van der Waals surface area contributed by atoms with E-state index in [1.165, 1.54) is 0 Å². The highest BCUT2D eigenvalue weighted by Crippen LogP contribution is 2.23.